The predicted octanol–water partition coefficient (Wildman–Crippen LogP) is 4.68. The first-order valence-electron chi connectivity index (χ1n) is 10.8. The Morgan fingerprint density at radius 2 is 2.09 bits per heavy atom. The van der Waals surface area contributed by atoms with E-state index in [-0.39, 0.29) is 36.5 Å². The van der Waals surface area contributed by atoms with Crippen molar-refractivity contribution in [3.63, 3.8) is 0 Å². The number of aliphatic carboxylic acids is 1. The van der Waals surface area contributed by atoms with Gasteiger partial charge in [-0.1, -0.05) is 12.2 Å². The lowest BCUT2D eigenvalue weighted by atomic mass is 9.91. The van der Waals surface area contributed by atoms with Crippen molar-refractivity contribution in [1.29, 1.82) is 0 Å². The van der Waals surface area contributed by atoms with Crippen molar-refractivity contribution in [1.82, 2.24) is 10.6 Å². The van der Waals surface area contributed by atoms with Gasteiger partial charge in [-0.05, 0) is 37.8 Å². The van der Waals surface area contributed by atoms with Crippen molar-refractivity contribution in [2.45, 2.75) is 49.7 Å². The monoisotopic (exact) mass is 498 g/mol. The van der Waals surface area contributed by atoms with E-state index >= 15 is 0 Å². The van der Waals surface area contributed by atoms with E-state index in [0.29, 0.717) is 35.6 Å². The van der Waals surface area contributed by atoms with Crippen LogP contribution in [0.1, 0.15) is 32.1 Å². The third-order valence-electron chi connectivity index (χ3n) is 6.22. The summed E-state index contributed by atoms with van der Waals surface area (Å²) < 4.78 is 53.2. The molecule has 3 atom stereocenters. The van der Waals surface area contributed by atoms with E-state index in [4.69, 9.17) is 11.6 Å². The second-order valence-corrected chi connectivity index (χ2v) is 8.96. The van der Waals surface area contributed by atoms with Crippen molar-refractivity contribution in [3.8, 4) is 0 Å². The first kappa shape index (κ1) is 24.3. The zero-order valence-electron chi connectivity index (χ0n) is 18.2. The topological polar surface area (TPSA) is 86.1 Å². The quantitative estimate of drug-likeness (QED) is 0.227. The van der Waals surface area contributed by atoms with Gasteiger partial charge in [0.2, 0.25) is 0 Å². The maximum absolute atomic E-state index is 14.5. The van der Waals surface area contributed by atoms with E-state index in [2.05, 4.69) is 20.6 Å². The number of allylic oxidation sites excluding steroid dienone is 5. The Balaban J connectivity index is 1.59. The molecule has 0 amide bonds. The molecule has 3 unspecified atom stereocenters. The number of carbonyl (C=O) groups is 1. The fraction of sp³-hybridized carbons (Fsp3) is 0.435. The normalized spacial score (nSPS) is 27.6. The van der Waals surface area contributed by atoms with Gasteiger partial charge in [-0.3, -0.25) is 9.98 Å². The van der Waals surface area contributed by atoms with Crippen LogP contribution >= 0.6 is 11.6 Å². The molecule has 4 aliphatic rings. The summed E-state index contributed by atoms with van der Waals surface area (Å²) in [5.41, 5.74) is 0.749. The van der Waals surface area contributed by atoms with E-state index in [1.54, 1.807) is 0 Å². The van der Waals surface area contributed by atoms with Crippen molar-refractivity contribution in [3.05, 3.63) is 58.2 Å². The highest BCUT2D eigenvalue weighted by molar-refractivity contribution is 6.23. The van der Waals surface area contributed by atoms with Gasteiger partial charge in [0.1, 0.15) is 17.5 Å². The molecule has 0 fully saturated rings. The van der Waals surface area contributed by atoms with Gasteiger partial charge in [0.05, 0.1) is 22.9 Å². The molecule has 1 heterocycles. The average molecular weight is 499 g/mol. The molecule has 3 aliphatic carbocycles. The maximum Gasteiger partial charge on any atom is 0.412 e. The van der Waals surface area contributed by atoms with Crippen molar-refractivity contribution >= 4 is 29.2 Å². The van der Waals surface area contributed by atoms with Gasteiger partial charge < -0.3 is 15.7 Å². The number of hydrogen-bond acceptors (Lipinski definition) is 4. The molecule has 0 saturated carbocycles. The minimum absolute atomic E-state index is 0.0201. The Morgan fingerprint density at radius 3 is 2.68 bits per heavy atom. The number of carboxylic acid groups (broad SMARTS) is 1. The zero-order valence-corrected chi connectivity index (χ0v) is 19.0. The molecule has 0 aromatic carbocycles. The largest absolute Gasteiger partial charge is 0.478 e. The molecule has 3 N–H and O–H groups in total. The summed E-state index contributed by atoms with van der Waals surface area (Å²) in [5.74, 6) is -1.67. The molecule has 0 aromatic rings. The summed E-state index contributed by atoms with van der Waals surface area (Å²) in [6, 6.07) is -0.470. The standard InChI is InChI=1S/C23H23ClF4N4O2/c1-29-20(30-12-7-5-11(6-8-12)23(26,27)28)13-9-17-18(10-14(13)22(33)34)32-21(31-17)19-15(24)3-2-4-16(19)25/h4-5,7,10,15,17,19H,2-3,6,8-9H2,1H3,(H,29,30)(H,31,32)(H,33,34). The molecule has 0 saturated heterocycles. The van der Waals surface area contributed by atoms with Gasteiger partial charge in [-0.25, -0.2) is 9.18 Å². The number of hydrogen-bond donors (Lipinski definition) is 3. The zero-order chi connectivity index (χ0) is 24.6. The van der Waals surface area contributed by atoms with Crippen molar-refractivity contribution in [2.24, 2.45) is 15.9 Å². The summed E-state index contributed by atoms with van der Waals surface area (Å²) in [7, 11) is 1.47. The lowest BCUT2D eigenvalue weighted by Gasteiger charge is -2.25. The lowest BCUT2D eigenvalue weighted by Crippen LogP contribution is -2.35. The van der Waals surface area contributed by atoms with Gasteiger partial charge in [0.15, 0.2) is 0 Å². The predicted molar refractivity (Wildman–Crippen MR) is 121 cm³/mol. The molecule has 182 valence electrons. The Bertz CT molecular complexity index is 1110. The van der Waals surface area contributed by atoms with Crippen LogP contribution in [0.25, 0.3) is 0 Å². The Kier molecular flexibility index (Phi) is 6.71. The Morgan fingerprint density at radius 1 is 1.32 bits per heavy atom. The van der Waals surface area contributed by atoms with Crippen LogP contribution in [0.15, 0.2) is 68.2 Å². The van der Waals surface area contributed by atoms with E-state index in [1.165, 1.54) is 25.3 Å². The number of nitrogens with one attached hydrogen (secondary N) is 2. The summed E-state index contributed by atoms with van der Waals surface area (Å²) in [6.45, 7) is 0. The maximum atomic E-state index is 14.5. The third kappa shape index (κ3) is 4.82. The van der Waals surface area contributed by atoms with Crippen LogP contribution < -0.4 is 10.6 Å². The Labute approximate surface area is 198 Å². The van der Waals surface area contributed by atoms with Crippen molar-refractivity contribution < 1.29 is 27.5 Å². The number of carboxylic acids is 1. The average Bonchev–Trinajstić information content (AvgIpc) is 3.18. The van der Waals surface area contributed by atoms with Gasteiger partial charge in [0, 0.05) is 36.0 Å². The van der Waals surface area contributed by atoms with E-state index in [1.807, 2.05) is 0 Å². The summed E-state index contributed by atoms with van der Waals surface area (Å²) in [5, 5.41) is 15.4. The van der Waals surface area contributed by atoms with E-state index < -0.39 is 35.1 Å². The van der Waals surface area contributed by atoms with Gasteiger partial charge in [-0.2, -0.15) is 13.2 Å². The van der Waals surface area contributed by atoms with Crippen LogP contribution in [0.2, 0.25) is 0 Å². The minimum atomic E-state index is -4.38. The molecule has 4 rings (SSSR count). The number of nitrogens with zero attached hydrogens (tertiary/aromatic N) is 2. The highest BCUT2D eigenvalue weighted by Crippen LogP contribution is 2.37. The number of alkyl halides is 4. The SMILES string of the molecule is CN=C(NC1=CC=C(C(F)(F)F)CC1)C1=C(C(=O)O)C=C2NC(C3C(F)=CCCC3Cl)=NC2C1. The van der Waals surface area contributed by atoms with Gasteiger partial charge >= 0.3 is 12.1 Å². The molecule has 0 spiro atoms. The second-order valence-electron chi connectivity index (χ2n) is 8.40. The first-order chi connectivity index (χ1) is 16.1. The van der Waals surface area contributed by atoms with Crippen LogP contribution in [-0.4, -0.2) is 47.4 Å². The molecule has 1 aliphatic heterocycles. The Hall–Kier alpha value is -2.88. The van der Waals surface area contributed by atoms with Gasteiger partial charge in [0.25, 0.3) is 0 Å². The first-order valence-corrected chi connectivity index (χ1v) is 11.3. The smallest absolute Gasteiger partial charge is 0.412 e. The number of aliphatic imine (C=N–C) groups is 2. The van der Waals surface area contributed by atoms with Crippen LogP contribution in [0.4, 0.5) is 17.6 Å². The molecular weight excluding hydrogens is 476 g/mol. The molecular formula is C23H23ClF4N4O2. The fourth-order valence-electron chi connectivity index (χ4n) is 4.45. The van der Waals surface area contributed by atoms with E-state index in [9.17, 15) is 27.5 Å². The summed E-state index contributed by atoms with van der Waals surface area (Å²) in [6.07, 6.45) is 2.13. The van der Waals surface area contributed by atoms with Crippen LogP contribution in [-0.2, 0) is 4.79 Å². The summed E-state index contributed by atoms with van der Waals surface area (Å²) >= 11 is 6.35. The molecule has 0 radical (unpaired) electrons. The van der Waals surface area contributed by atoms with Crippen molar-refractivity contribution in [2.75, 3.05) is 7.05 Å². The van der Waals surface area contributed by atoms with Crippen LogP contribution in [0.3, 0.4) is 0 Å². The number of halogens is 5. The third-order valence-corrected chi connectivity index (χ3v) is 6.69. The molecule has 6 nitrogen and oxygen atoms in total. The molecule has 0 aromatic heterocycles. The van der Waals surface area contributed by atoms with Crippen LogP contribution in [0.5, 0.6) is 0 Å². The highest BCUT2D eigenvalue weighted by atomic mass is 35.5. The highest BCUT2D eigenvalue weighted by Gasteiger charge is 2.39. The second kappa shape index (κ2) is 9.40. The minimum Gasteiger partial charge on any atom is -0.478 e. The number of fused-ring (bicyclic) bond motifs is 1. The molecule has 34 heavy (non-hydrogen) atoms. The fourth-order valence-corrected chi connectivity index (χ4v) is 4.82. The molecule has 0 bridgehead atoms. The molecule has 11 heteroatoms. The lowest BCUT2D eigenvalue weighted by molar-refractivity contribution is -0.132. The van der Waals surface area contributed by atoms with Crippen LogP contribution in [0, 0.1) is 5.92 Å². The number of amidine groups is 2. The van der Waals surface area contributed by atoms with Gasteiger partial charge in [-0.15, -0.1) is 11.6 Å². The van der Waals surface area contributed by atoms with E-state index in [0.717, 1.165) is 6.08 Å². The number of rotatable bonds is 4. The summed E-state index contributed by atoms with van der Waals surface area (Å²) in [4.78, 5) is 20.8.